The van der Waals surface area contributed by atoms with Crippen molar-refractivity contribution in [2.24, 2.45) is 0 Å². The van der Waals surface area contributed by atoms with Crippen molar-refractivity contribution in [2.45, 2.75) is 6.04 Å². The van der Waals surface area contributed by atoms with E-state index in [0.29, 0.717) is 11.3 Å². The van der Waals surface area contributed by atoms with Crippen LogP contribution in [0.3, 0.4) is 0 Å². The summed E-state index contributed by atoms with van der Waals surface area (Å²) in [5.74, 6) is -1.75. The number of methoxy groups -OCH3 is 1. The van der Waals surface area contributed by atoms with E-state index in [9.17, 15) is 14.7 Å². The quantitative estimate of drug-likeness (QED) is 0.566. The molecule has 1 aliphatic heterocycles. The number of hydrogen-bond donors (Lipinski definition) is 1. The van der Waals surface area contributed by atoms with E-state index in [1.54, 1.807) is 42.6 Å². The van der Waals surface area contributed by atoms with Crippen LogP contribution in [0.1, 0.15) is 22.3 Å². The number of fused-ring (bicyclic) bond motifs is 1. The Kier molecular flexibility index (Phi) is 5.21. The number of nitrogens with zero attached hydrogens (tertiary/aromatic N) is 2. The van der Waals surface area contributed by atoms with E-state index in [1.807, 2.05) is 6.07 Å². The Bertz CT molecular complexity index is 1120. The second kappa shape index (κ2) is 7.81. The Morgan fingerprint density at radius 3 is 2.86 bits per heavy atom. The van der Waals surface area contributed by atoms with Crippen LogP contribution in [0.2, 0.25) is 0 Å². The largest absolute Gasteiger partial charge is 0.503 e. The molecule has 3 heterocycles. The highest BCUT2D eigenvalue weighted by molar-refractivity contribution is 9.10. The van der Waals surface area contributed by atoms with Gasteiger partial charge in [0.2, 0.25) is 5.78 Å². The number of amides is 1. The Labute approximate surface area is 174 Å². The van der Waals surface area contributed by atoms with Crippen molar-refractivity contribution in [3.8, 4) is 0 Å². The molecule has 29 heavy (non-hydrogen) atoms. The first-order chi connectivity index (χ1) is 14.0. The van der Waals surface area contributed by atoms with E-state index in [2.05, 4.69) is 20.9 Å². The molecule has 1 aliphatic rings. The van der Waals surface area contributed by atoms with Gasteiger partial charge in [0.25, 0.3) is 5.91 Å². The minimum absolute atomic E-state index is 0.0435. The predicted molar refractivity (Wildman–Crippen MR) is 108 cm³/mol. The molecule has 0 bridgehead atoms. The summed E-state index contributed by atoms with van der Waals surface area (Å²) in [6, 6.07) is 11.3. The number of aliphatic hydroxyl groups excluding tert-OH is 1. The summed E-state index contributed by atoms with van der Waals surface area (Å²) in [5, 5.41) is 11.3. The van der Waals surface area contributed by atoms with Crippen LogP contribution in [0.4, 0.5) is 0 Å². The van der Waals surface area contributed by atoms with Crippen molar-refractivity contribution in [2.75, 3.05) is 20.3 Å². The molecule has 7 nitrogen and oxygen atoms in total. The second-order valence-corrected chi connectivity index (χ2v) is 7.45. The lowest BCUT2D eigenvalue weighted by Gasteiger charge is -2.25. The van der Waals surface area contributed by atoms with Crippen molar-refractivity contribution in [1.29, 1.82) is 0 Å². The molecule has 4 rings (SSSR count). The highest BCUT2D eigenvalue weighted by atomic mass is 79.9. The van der Waals surface area contributed by atoms with Crippen molar-refractivity contribution in [3.63, 3.8) is 0 Å². The number of aromatic nitrogens is 1. The van der Waals surface area contributed by atoms with Gasteiger partial charge >= 0.3 is 0 Å². The lowest BCUT2D eigenvalue weighted by molar-refractivity contribution is -0.130. The predicted octanol–water partition coefficient (Wildman–Crippen LogP) is 3.82. The molecule has 0 radical (unpaired) electrons. The number of ketones is 1. The fourth-order valence-electron chi connectivity index (χ4n) is 3.41. The topological polar surface area (TPSA) is 92.9 Å². The van der Waals surface area contributed by atoms with Gasteiger partial charge in [-0.05, 0) is 36.4 Å². The van der Waals surface area contributed by atoms with Gasteiger partial charge in [0.15, 0.2) is 11.5 Å². The molecule has 1 unspecified atom stereocenters. The SMILES string of the molecule is COCCN1C(=O)C(O)=C(C(=O)c2cc3cc(Br)ccc3o2)C1c1ccccn1. The Balaban J connectivity index is 1.79. The summed E-state index contributed by atoms with van der Waals surface area (Å²) < 4.78 is 11.6. The van der Waals surface area contributed by atoms with Crippen LogP contribution in [-0.2, 0) is 9.53 Å². The molecule has 0 saturated heterocycles. The number of rotatable bonds is 6. The van der Waals surface area contributed by atoms with Crippen LogP contribution in [-0.4, -0.2) is 46.9 Å². The number of aliphatic hydroxyl groups is 1. The van der Waals surface area contributed by atoms with Crippen LogP contribution in [0.25, 0.3) is 11.0 Å². The Hall–Kier alpha value is -2.97. The van der Waals surface area contributed by atoms with Gasteiger partial charge in [-0.15, -0.1) is 0 Å². The third-order valence-electron chi connectivity index (χ3n) is 4.75. The maximum Gasteiger partial charge on any atom is 0.290 e. The van der Waals surface area contributed by atoms with E-state index in [0.717, 1.165) is 9.86 Å². The molecule has 3 aromatic rings. The third kappa shape index (κ3) is 3.45. The lowest BCUT2D eigenvalue weighted by atomic mass is 9.98. The monoisotopic (exact) mass is 456 g/mol. The van der Waals surface area contributed by atoms with Crippen molar-refractivity contribution >= 4 is 38.6 Å². The second-order valence-electron chi connectivity index (χ2n) is 6.53. The maximum absolute atomic E-state index is 13.3. The first-order valence-electron chi connectivity index (χ1n) is 8.89. The molecule has 0 fully saturated rings. The van der Waals surface area contributed by atoms with Gasteiger partial charge in [0, 0.05) is 29.7 Å². The number of pyridine rings is 1. The van der Waals surface area contributed by atoms with Crippen LogP contribution >= 0.6 is 15.9 Å². The number of benzene rings is 1. The zero-order chi connectivity index (χ0) is 20.5. The fourth-order valence-corrected chi connectivity index (χ4v) is 3.79. The molecule has 1 N–H and O–H groups in total. The van der Waals surface area contributed by atoms with Crippen LogP contribution in [0.5, 0.6) is 0 Å². The molecule has 2 aromatic heterocycles. The van der Waals surface area contributed by atoms with Gasteiger partial charge in [-0.25, -0.2) is 0 Å². The summed E-state index contributed by atoms with van der Waals surface area (Å²) in [6.07, 6.45) is 1.57. The summed E-state index contributed by atoms with van der Waals surface area (Å²) in [6.45, 7) is 0.451. The minimum Gasteiger partial charge on any atom is -0.503 e. The average molecular weight is 457 g/mol. The maximum atomic E-state index is 13.3. The zero-order valence-electron chi connectivity index (χ0n) is 15.5. The molecule has 8 heteroatoms. The summed E-state index contributed by atoms with van der Waals surface area (Å²) in [5.41, 5.74) is 0.956. The number of furan rings is 1. The zero-order valence-corrected chi connectivity index (χ0v) is 17.0. The van der Waals surface area contributed by atoms with Gasteiger partial charge < -0.3 is 19.2 Å². The summed E-state index contributed by atoms with van der Waals surface area (Å²) >= 11 is 3.39. The van der Waals surface area contributed by atoms with E-state index < -0.39 is 23.5 Å². The number of Topliss-reactive ketones (excluding diaryl/α,β-unsaturated/α-hetero) is 1. The number of carbonyl (C=O) groups excluding carboxylic acids is 2. The first kappa shape index (κ1) is 19.4. The van der Waals surface area contributed by atoms with E-state index in [1.165, 1.54) is 12.0 Å². The van der Waals surface area contributed by atoms with Crippen LogP contribution in [0, 0.1) is 0 Å². The molecule has 1 aromatic carbocycles. The van der Waals surface area contributed by atoms with Gasteiger partial charge in [-0.1, -0.05) is 22.0 Å². The number of carbonyl (C=O) groups is 2. The standard InChI is InChI=1S/C21H17BrN2O5/c1-28-9-8-24-18(14-4-2-3-7-23-14)17(20(26)21(24)27)19(25)16-11-12-10-13(22)5-6-15(12)29-16/h2-7,10-11,18,26H,8-9H2,1H3. The fraction of sp³-hybridized carbons (Fsp3) is 0.190. The van der Waals surface area contributed by atoms with Gasteiger partial charge in [0.1, 0.15) is 11.6 Å². The highest BCUT2D eigenvalue weighted by Crippen LogP contribution is 2.38. The van der Waals surface area contributed by atoms with Crippen LogP contribution in [0.15, 0.2) is 68.9 Å². The molecular weight excluding hydrogens is 440 g/mol. The molecule has 0 spiro atoms. The molecule has 0 saturated carbocycles. The molecular formula is C21H17BrN2O5. The van der Waals surface area contributed by atoms with Crippen LogP contribution < -0.4 is 0 Å². The molecule has 1 amide bonds. The molecule has 0 aliphatic carbocycles. The van der Waals surface area contributed by atoms with Crippen molar-refractivity contribution in [3.05, 3.63) is 75.9 Å². The van der Waals surface area contributed by atoms with Crippen molar-refractivity contribution < 1.29 is 23.8 Å². The van der Waals surface area contributed by atoms with Gasteiger partial charge in [-0.3, -0.25) is 14.6 Å². The average Bonchev–Trinajstić information content (AvgIpc) is 3.25. The third-order valence-corrected chi connectivity index (χ3v) is 5.25. The van der Waals surface area contributed by atoms with Gasteiger partial charge in [-0.2, -0.15) is 0 Å². The Morgan fingerprint density at radius 2 is 2.14 bits per heavy atom. The van der Waals surface area contributed by atoms with E-state index in [4.69, 9.17) is 9.15 Å². The lowest BCUT2D eigenvalue weighted by Crippen LogP contribution is -2.34. The highest BCUT2D eigenvalue weighted by Gasteiger charge is 2.45. The normalized spacial score (nSPS) is 16.8. The number of hydrogen-bond acceptors (Lipinski definition) is 6. The number of ether oxygens (including phenoxy) is 1. The summed E-state index contributed by atoms with van der Waals surface area (Å²) in [4.78, 5) is 31.7. The van der Waals surface area contributed by atoms with E-state index in [-0.39, 0.29) is 24.5 Å². The smallest absolute Gasteiger partial charge is 0.290 e. The van der Waals surface area contributed by atoms with Crippen molar-refractivity contribution in [1.82, 2.24) is 9.88 Å². The number of halogens is 1. The Morgan fingerprint density at radius 1 is 1.31 bits per heavy atom. The minimum atomic E-state index is -0.828. The summed E-state index contributed by atoms with van der Waals surface area (Å²) in [7, 11) is 1.52. The molecule has 1 atom stereocenters. The first-order valence-corrected chi connectivity index (χ1v) is 9.68. The molecule has 148 valence electrons. The van der Waals surface area contributed by atoms with Gasteiger partial charge in [0.05, 0.1) is 17.9 Å². The van der Waals surface area contributed by atoms with E-state index >= 15 is 0 Å².